The monoisotopic (exact) mass is 282 g/mol. The SMILES string of the molecule is CCC(C)(CNCC(C)C)CN(C)C1CCCCC1C. The van der Waals surface area contributed by atoms with E-state index < -0.39 is 0 Å². The van der Waals surface area contributed by atoms with E-state index in [1.165, 1.54) is 38.6 Å². The first-order chi connectivity index (χ1) is 9.38. The van der Waals surface area contributed by atoms with Crippen LogP contribution in [0.3, 0.4) is 0 Å². The van der Waals surface area contributed by atoms with Crippen LogP contribution in [0.25, 0.3) is 0 Å². The van der Waals surface area contributed by atoms with Crippen molar-refractivity contribution < 1.29 is 0 Å². The number of rotatable bonds is 8. The van der Waals surface area contributed by atoms with Gasteiger partial charge in [-0.1, -0.05) is 47.5 Å². The van der Waals surface area contributed by atoms with Gasteiger partial charge in [0.15, 0.2) is 0 Å². The standard InChI is InChI=1S/C18H38N2/c1-7-18(5,13-19-12-15(2)3)14-20(6)17-11-9-8-10-16(17)4/h15-17,19H,7-14H2,1-6H3. The molecule has 0 radical (unpaired) electrons. The summed E-state index contributed by atoms with van der Waals surface area (Å²) in [6.45, 7) is 15.3. The summed E-state index contributed by atoms with van der Waals surface area (Å²) in [5.74, 6) is 1.62. The largest absolute Gasteiger partial charge is 0.316 e. The van der Waals surface area contributed by atoms with Crippen molar-refractivity contribution >= 4 is 0 Å². The van der Waals surface area contributed by atoms with Gasteiger partial charge in [-0.05, 0) is 50.1 Å². The predicted molar refractivity (Wildman–Crippen MR) is 90.2 cm³/mol. The molecule has 0 amide bonds. The van der Waals surface area contributed by atoms with E-state index >= 15 is 0 Å². The zero-order valence-corrected chi connectivity index (χ0v) is 14.8. The van der Waals surface area contributed by atoms with Crippen molar-refractivity contribution in [2.75, 3.05) is 26.7 Å². The fourth-order valence-electron chi connectivity index (χ4n) is 3.63. The number of hydrogen-bond acceptors (Lipinski definition) is 2. The second-order valence-corrected chi connectivity index (χ2v) is 7.93. The fraction of sp³-hybridized carbons (Fsp3) is 1.00. The van der Waals surface area contributed by atoms with Gasteiger partial charge in [-0.25, -0.2) is 0 Å². The molecule has 3 unspecified atom stereocenters. The predicted octanol–water partition coefficient (Wildman–Crippen LogP) is 4.16. The van der Waals surface area contributed by atoms with E-state index in [1.807, 2.05) is 0 Å². The molecule has 1 fully saturated rings. The van der Waals surface area contributed by atoms with Gasteiger partial charge >= 0.3 is 0 Å². The molecule has 0 saturated heterocycles. The molecule has 0 aliphatic heterocycles. The van der Waals surface area contributed by atoms with Crippen molar-refractivity contribution in [3.05, 3.63) is 0 Å². The Balaban J connectivity index is 2.48. The lowest BCUT2D eigenvalue weighted by Gasteiger charge is -2.41. The summed E-state index contributed by atoms with van der Waals surface area (Å²) in [5.41, 5.74) is 0.404. The van der Waals surface area contributed by atoms with E-state index in [0.717, 1.165) is 31.0 Å². The highest BCUT2D eigenvalue weighted by molar-refractivity contribution is 4.85. The average molecular weight is 283 g/mol. The molecule has 0 bridgehead atoms. The Hall–Kier alpha value is -0.0800. The minimum absolute atomic E-state index is 0.404. The number of nitrogens with one attached hydrogen (secondary N) is 1. The van der Waals surface area contributed by atoms with Crippen LogP contribution in [-0.2, 0) is 0 Å². The van der Waals surface area contributed by atoms with Crippen molar-refractivity contribution in [1.29, 1.82) is 0 Å². The van der Waals surface area contributed by atoms with Gasteiger partial charge in [0, 0.05) is 19.1 Å². The van der Waals surface area contributed by atoms with E-state index in [4.69, 9.17) is 0 Å². The zero-order chi connectivity index (χ0) is 15.2. The Morgan fingerprint density at radius 3 is 2.45 bits per heavy atom. The second kappa shape index (κ2) is 8.38. The van der Waals surface area contributed by atoms with Crippen LogP contribution in [0, 0.1) is 17.3 Å². The average Bonchev–Trinajstić information content (AvgIpc) is 2.38. The molecule has 0 spiro atoms. The molecule has 1 rings (SSSR count). The van der Waals surface area contributed by atoms with Crippen molar-refractivity contribution in [3.8, 4) is 0 Å². The van der Waals surface area contributed by atoms with Crippen LogP contribution >= 0.6 is 0 Å². The molecule has 120 valence electrons. The maximum Gasteiger partial charge on any atom is 0.0118 e. The molecule has 2 nitrogen and oxygen atoms in total. The highest BCUT2D eigenvalue weighted by Gasteiger charge is 2.30. The Bertz CT molecular complexity index is 264. The smallest absolute Gasteiger partial charge is 0.0118 e. The van der Waals surface area contributed by atoms with E-state index in [1.54, 1.807) is 0 Å². The van der Waals surface area contributed by atoms with Gasteiger partial charge < -0.3 is 10.2 Å². The summed E-state index contributed by atoms with van der Waals surface area (Å²) in [7, 11) is 2.35. The first kappa shape index (κ1) is 18.0. The third-order valence-corrected chi connectivity index (χ3v) is 5.22. The summed E-state index contributed by atoms with van der Waals surface area (Å²) in [6, 6.07) is 0.805. The van der Waals surface area contributed by atoms with Crippen molar-refractivity contribution in [2.24, 2.45) is 17.3 Å². The van der Waals surface area contributed by atoms with Gasteiger partial charge in [0.1, 0.15) is 0 Å². The topological polar surface area (TPSA) is 15.3 Å². The molecule has 3 atom stereocenters. The van der Waals surface area contributed by atoms with Crippen LogP contribution in [0.4, 0.5) is 0 Å². The minimum atomic E-state index is 0.404. The highest BCUT2D eigenvalue weighted by atomic mass is 15.1. The molecule has 20 heavy (non-hydrogen) atoms. The van der Waals surface area contributed by atoms with Gasteiger partial charge in [0.05, 0.1) is 0 Å². The molecule has 1 aliphatic rings. The third kappa shape index (κ3) is 5.73. The molecule has 1 aliphatic carbocycles. The highest BCUT2D eigenvalue weighted by Crippen LogP contribution is 2.30. The van der Waals surface area contributed by atoms with E-state index in [0.29, 0.717) is 5.41 Å². The lowest BCUT2D eigenvalue weighted by atomic mass is 9.82. The number of hydrogen-bond donors (Lipinski definition) is 1. The molecular weight excluding hydrogens is 244 g/mol. The normalized spacial score (nSPS) is 27.0. The van der Waals surface area contributed by atoms with Gasteiger partial charge in [0.2, 0.25) is 0 Å². The molecule has 1 saturated carbocycles. The summed E-state index contributed by atoms with van der Waals surface area (Å²) >= 11 is 0. The maximum atomic E-state index is 3.67. The number of nitrogens with zero attached hydrogens (tertiary/aromatic N) is 1. The lowest BCUT2D eigenvalue weighted by molar-refractivity contribution is 0.0873. The summed E-state index contributed by atoms with van der Waals surface area (Å²) < 4.78 is 0. The Kier molecular flexibility index (Phi) is 7.53. The van der Waals surface area contributed by atoms with Crippen molar-refractivity contribution in [2.45, 2.75) is 72.8 Å². The minimum Gasteiger partial charge on any atom is -0.316 e. The molecular formula is C18H38N2. The quantitative estimate of drug-likeness (QED) is 0.719. The Labute approximate surface area is 127 Å². The lowest BCUT2D eigenvalue weighted by Crippen LogP contribution is -2.47. The Morgan fingerprint density at radius 2 is 1.90 bits per heavy atom. The maximum absolute atomic E-state index is 3.67. The van der Waals surface area contributed by atoms with Crippen LogP contribution < -0.4 is 5.32 Å². The van der Waals surface area contributed by atoms with Gasteiger partial charge in [0.25, 0.3) is 0 Å². The summed E-state index contributed by atoms with van der Waals surface area (Å²) in [4.78, 5) is 2.66. The second-order valence-electron chi connectivity index (χ2n) is 7.93. The van der Waals surface area contributed by atoms with Crippen LogP contribution in [0.2, 0.25) is 0 Å². The zero-order valence-electron chi connectivity index (χ0n) is 14.8. The van der Waals surface area contributed by atoms with E-state index in [-0.39, 0.29) is 0 Å². The third-order valence-electron chi connectivity index (χ3n) is 5.22. The van der Waals surface area contributed by atoms with Gasteiger partial charge in [-0.2, -0.15) is 0 Å². The van der Waals surface area contributed by atoms with Gasteiger partial charge in [-0.3, -0.25) is 0 Å². The van der Waals surface area contributed by atoms with E-state index in [2.05, 4.69) is 51.9 Å². The molecule has 0 aromatic carbocycles. The molecule has 0 heterocycles. The van der Waals surface area contributed by atoms with E-state index in [9.17, 15) is 0 Å². The molecule has 0 aromatic rings. The van der Waals surface area contributed by atoms with Crippen molar-refractivity contribution in [1.82, 2.24) is 10.2 Å². The summed E-state index contributed by atoms with van der Waals surface area (Å²) in [5, 5.41) is 3.67. The van der Waals surface area contributed by atoms with Gasteiger partial charge in [-0.15, -0.1) is 0 Å². The molecule has 1 N–H and O–H groups in total. The van der Waals surface area contributed by atoms with Crippen molar-refractivity contribution in [3.63, 3.8) is 0 Å². The molecule has 0 aromatic heterocycles. The Morgan fingerprint density at radius 1 is 1.25 bits per heavy atom. The fourth-order valence-corrected chi connectivity index (χ4v) is 3.63. The first-order valence-electron chi connectivity index (χ1n) is 8.79. The van der Waals surface area contributed by atoms with Crippen LogP contribution in [0.1, 0.15) is 66.7 Å². The first-order valence-corrected chi connectivity index (χ1v) is 8.79. The van der Waals surface area contributed by atoms with Crippen LogP contribution in [-0.4, -0.2) is 37.6 Å². The van der Waals surface area contributed by atoms with Crippen LogP contribution in [0.5, 0.6) is 0 Å². The molecule has 2 heteroatoms. The van der Waals surface area contributed by atoms with Crippen LogP contribution in [0.15, 0.2) is 0 Å². The summed E-state index contributed by atoms with van der Waals surface area (Å²) in [6.07, 6.45) is 6.93.